The average Bonchev–Trinajstić information content (AvgIpc) is 2.49. The molecule has 4 nitrogen and oxygen atoms in total. The molecule has 0 aliphatic rings. The fourth-order valence-corrected chi connectivity index (χ4v) is 2.42. The second kappa shape index (κ2) is 8.20. The third kappa shape index (κ3) is 5.13. The van der Waals surface area contributed by atoms with Gasteiger partial charge in [-0.2, -0.15) is 0 Å². The van der Waals surface area contributed by atoms with Crippen LogP contribution in [-0.4, -0.2) is 26.6 Å². The summed E-state index contributed by atoms with van der Waals surface area (Å²) in [7, 11) is 3.79. The van der Waals surface area contributed by atoms with Gasteiger partial charge in [0.15, 0.2) is 0 Å². The van der Waals surface area contributed by atoms with Gasteiger partial charge in [-0.15, -0.1) is 0 Å². The molecule has 0 radical (unpaired) electrons. The van der Waals surface area contributed by atoms with Crippen LogP contribution in [0.4, 0.5) is 11.4 Å². The summed E-state index contributed by atoms with van der Waals surface area (Å²) in [5.74, 6) is -0.248. The highest BCUT2D eigenvalue weighted by Gasteiger charge is 2.10. The quantitative estimate of drug-likeness (QED) is 0.846. The Bertz CT molecular complexity index is 690. The van der Waals surface area contributed by atoms with E-state index in [1.54, 1.807) is 18.2 Å². The first-order chi connectivity index (χ1) is 11.0. The molecule has 0 saturated heterocycles. The van der Waals surface area contributed by atoms with Crippen LogP contribution in [0.3, 0.4) is 0 Å². The Balaban J connectivity index is 1.93. The second-order valence-electron chi connectivity index (χ2n) is 5.19. The monoisotopic (exact) mass is 352 g/mol. The molecule has 1 N–H and O–H groups in total. The number of halogens is 2. The summed E-state index contributed by atoms with van der Waals surface area (Å²) in [5.41, 5.74) is 2.36. The molecule has 122 valence electrons. The molecule has 0 atom stereocenters. The number of carbonyl (C=O) groups is 1. The maximum atomic E-state index is 12.0. The summed E-state index contributed by atoms with van der Waals surface area (Å²) in [4.78, 5) is 13.9. The summed E-state index contributed by atoms with van der Waals surface area (Å²) in [6.07, 6.45) is 0. The molecule has 23 heavy (non-hydrogen) atoms. The average molecular weight is 353 g/mol. The molecular formula is C17H18Cl2N2O2. The fourth-order valence-electron chi connectivity index (χ4n) is 2.05. The third-order valence-electron chi connectivity index (χ3n) is 3.16. The standard InChI is InChI=1S/C17H18Cl2N2O2/c1-21(2)16-8-7-13(18)9-15(16)20-17(22)11-23-10-12-5-3-4-6-14(12)19/h3-9H,10-11H2,1-2H3,(H,20,22). The number of nitrogens with zero attached hydrogens (tertiary/aromatic N) is 1. The van der Waals surface area contributed by atoms with Crippen molar-refractivity contribution in [2.45, 2.75) is 6.61 Å². The van der Waals surface area contributed by atoms with Gasteiger partial charge in [0.25, 0.3) is 0 Å². The first-order valence-corrected chi connectivity index (χ1v) is 7.81. The predicted octanol–water partition coefficient (Wildman–Crippen LogP) is 4.21. The molecule has 6 heteroatoms. The Kier molecular flexibility index (Phi) is 6.28. The van der Waals surface area contributed by atoms with E-state index >= 15 is 0 Å². The zero-order valence-corrected chi connectivity index (χ0v) is 14.5. The number of amides is 1. The molecule has 0 bridgehead atoms. The number of hydrogen-bond donors (Lipinski definition) is 1. The summed E-state index contributed by atoms with van der Waals surface area (Å²) >= 11 is 12.0. The van der Waals surface area contributed by atoms with E-state index in [4.69, 9.17) is 27.9 Å². The summed E-state index contributed by atoms with van der Waals surface area (Å²) in [5, 5.41) is 3.99. The van der Waals surface area contributed by atoms with Crippen molar-refractivity contribution in [1.82, 2.24) is 0 Å². The van der Waals surface area contributed by atoms with Gasteiger partial charge in [0.2, 0.25) is 5.91 Å². The number of ether oxygens (including phenoxy) is 1. The van der Waals surface area contributed by atoms with Crippen molar-refractivity contribution >= 4 is 40.5 Å². The van der Waals surface area contributed by atoms with Gasteiger partial charge in [-0.1, -0.05) is 41.4 Å². The highest BCUT2D eigenvalue weighted by molar-refractivity contribution is 6.31. The Morgan fingerprint density at radius 2 is 1.91 bits per heavy atom. The minimum Gasteiger partial charge on any atom is -0.376 e. The van der Waals surface area contributed by atoms with Gasteiger partial charge < -0.3 is 15.0 Å². The zero-order valence-electron chi connectivity index (χ0n) is 13.0. The Morgan fingerprint density at radius 1 is 1.17 bits per heavy atom. The lowest BCUT2D eigenvalue weighted by molar-refractivity contribution is -0.121. The van der Waals surface area contributed by atoms with Crippen LogP contribution in [-0.2, 0) is 16.1 Å². The highest BCUT2D eigenvalue weighted by atomic mass is 35.5. The van der Waals surface area contributed by atoms with E-state index in [0.717, 1.165) is 11.3 Å². The van der Waals surface area contributed by atoms with Crippen LogP contribution in [0.15, 0.2) is 42.5 Å². The van der Waals surface area contributed by atoms with Crippen LogP contribution in [0.25, 0.3) is 0 Å². The van der Waals surface area contributed by atoms with E-state index in [0.29, 0.717) is 15.7 Å². The first-order valence-electron chi connectivity index (χ1n) is 7.05. The van der Waals surface area contributed by atoms with E-state index in [1.165, 1.54) is 0 Å². The van der Waals surface area contributed by atoms with E-state index in [9.17, 15) is 4.79 Å². The van der Waals surface area contributed by atoms with Crippen molar-refractivity contribution in [2.75, 3.05) is 30.9 Å². The maximum absolute atomic E-state index is 12.0. The molecule has 0 aliphatic carbocycles. The van der Waals surface area contributed by atoms with Gasteiger partial charge in [-0.05, 0) is 29.8 Å². The number of nitrogens with one attached hydrogen (secondary N) is 1. The normalized spacial score (nSPS) is 10.4. The molecule has 1 amide bonds. The van der Waals surface area contributed by atoms with Gasteiger partial charge in [0.05, 0.1) is 18.0 Å². The van der Waals surface area contributed by atoms with Crippen LogP contribution in [0, 0.1) is 0 Å². The molecule has 0 aromatic heterocycles. The largest absolute Gasteiger partial charge is 0.376 e. The van der Waals surface area contributed by atoms with Gasteiger partial charge in [0, 0.05) is 24.1 Å². The van der Waals surface area contributed by atoms with Crippen molar-refractivity contribution in [3.05, 3.63) is 58.1 Å². The number of hydrogen-bond acceptors (Lipinski definition) is 3. The minimum atomic E-state index is -0.248. The SMILES string of the molecule is CN(C)c1ccc(Cl)cc1NC(=O)COCc1ccccc1Cl. The van der Waals surface area contributed by atoms with Crippen LogP contribution < -0.4 is 10.2 Å². The van der Waals surface area contributed by atoms with Crippen molar-refractivity contribution in [2.24, 2.45) is 0 Å². The number of rotatable bonds is 6. The molecule has 0 spiro atoms. The summed E-state index contributed by atoms with van der Waals surface area (Å²) < 4.78 is 5.42. The lowest BCUT2D eigenvalue weighted by atomic mass is 10.2. The molecular weight excluding hydrogens is 335 g/mol. The van der Waals surface area contributed by atoms with Crippen LogP contribution in [0.2, 0.25) is 10.0 Å². The highest BCUT2D eigenvalue weighted by Crippen LogP contribution is 2.27. The molecule has 0 saturated carbocycles. The van der Waals surface area contributed by atoms with Crippen LogP contribution >= 0.6 is 23.2 Å². The van der Waals surface area contributed by atoms with E-state index in [1.807, 2.05) is 43.3 Å². The molecule has 0 heterocycles. The summed E-state index contributed by atoms with van der Waals surface area (Å²) in [6.45, 7) is 0.216. The molecule has 2 rings (SSSR count). The zero-order chi connectivity index (χ0) is 16.8. The first kappa shape index (κ1) is 17.6. The molecule has 2 aromatic carbocycles. The number of benzene rings is 2. The van der Waals surface area contributed by atoms with Gasteiger partial charge >= 0.3 is 0 Å². The Morgan fingerprint density at radius 3 is 2.61 bits per heavy atom. The lowest BCUT2D eigenvalue weighted by Crippen LogP contribution is -2.20. The van der Waals surface area contributed by atoms with Crippen molar-refractivity contribution < 1.29 is 9.53 Å². The van der Waals surface area contributed by atoms with E-state index in [2.05, 4.69) is 5.32 Å². The van der Waals surface area contributed by atoms with E-state index < -0.39 is 0 Å². The van der Waals surface area contributed by atoms with Crippen LogP contribution in [0.5, 0.6) is 0 Å². The molecule has 0 fully saturated rings. The maximum Gasteiger partial charge on any atom is 0.250 e. The Labute approximate surface area is 146 Å². The predicted molar refractivity (Wildman–Crippen MR) is 95.5 cm³/mol. The fraction of sp³-hybridized carbons (Fsp3) is 0.235. The lowest BCUT2D eigenvalue weighted by Gasteiger charge is -2.18. The number of anilines is 2. The topological polar surface area (TPSA) is 41.6 Å². The van der Waals surface area contributed by atoms with Gasteiger partial charge in [0.1, 0.15) is 6.61 Å². The van der Waals surface area contributed by atoms with E-state index in [-0.39, 0.29) is 19.1 Å². The van der Waals surface area contributed by atoms with Gasteiger partial charge in [-0.3, -0.25) is 4.79 Å². The molecule has 0 unspecified atom stereocenters. The van der Waals surface area contributed by atoms with Crippen molar-refractivity contribution in [1.29, 1.82) is 0 Å². The number of carbonyl (C=O) groups excluding carboxylic acids is 1. The minimum absolute atomic E-state index is 0.0649. The van der Waals surface area contributed by atoms with Crippen molar-refractivity contribution in [3.8, 4) is 0 Å². The summed E-state index contributed by atoms with van der Waals surface area (Å²) in [6, 6.07) is 12.7. The van der Waals surface area contributed by atoms with Crippen LogP contribution in [0.1, 0.15) is 5.56 Å². The van der Waals surface area contributed by atoms with Gasteiger partial charge in [-0.25, -0.2) is 0 Å². The molecule has 2 aromatic rings. The molecule has 0 aliphatic heterocycles. The smallest absolute Gasteiger partial charge is 0.250 e. The van der Waals surface area contributed by atoms with Crippen molar-refractivity contribution in [3.63, 3.8) is 0 Å². The Hall–Kier alpha value is -1.75. The second-order valence-corrected chi connectivity index (χ2v) is 6.03. The third-order valence-corrected chi connectivity index (χ3v) is 3.77.